The van der Waals surface area contributed by atoms with Gasteiger partial charge in [0.15, 0.2) is 23.3 Å². The van der Waals surface area contributed by atoms with Crippen LogP contribution in [0.25, 0.3) is 0 Å². The van der Waals surface area contributed by atoms with Crippen LogP contribution in [-0.4, -0.2) is 19.6 Å². The largest absolute Gasteiger partial charge is 0.437 e. The lowest BCUT2D eigenvalue weighted by Crippen LogP contribution is -2.20. The molecule has 20 heavy (non-hydrogen) atoms. The van der Waals surface area contributed by atoms with E-state index in [4.69, 9.17) is 19.6 Å². The fourth-order valence-electron chi connectivity index (χ4n) is 1.18. The molecule has 0 saturated heterocycles. The molecule has 0 bridgehead atoms. The third-order valence-corrected chi connectivity index (χ3v) is 5.57. The van der Waals surface area contributed by atoms with Crippen molar-refractivity contribution in [2.45, 2.75) is 0 Å². The number of rotatable bonds is 3. The van der Waals surface area contributed by atoms with E-state index in [1.165, 1.54) is 0 Å². The minimum atomic E-state index is -5.89. The molecule has 0 amide bonds. The van der Waals surface area contributed by atoms with E-state index >= 15 is 0 Å². The zero-order valence-corrected chi connectivity index (χ0v) is 11.4. The Morgan fingerprint density at radius 3 is 1.35 bits per heavy atom. The molecule has 0 spiro atoms. The van der Waals surface area contributed by atoms with Crippen LogP contribution < -0.4 is 4.44 Å². The van der Waals surface area contributed by atoms with Crippen LogP contribution in [-0.2, 0) is 16.4 Å². The van der Waals surface area contributed by atoms with E-state index in [0.717, 1.165) is 0 Å². The zero-order chi connectivity index (χ0) is 16.0. The summed E-state index contributed by atoms with van der Waals surface area (Å²) in [4.78, 5) is 35.6. The molecule has 1 rings (SSSR count). The van der Waals surface area contributed by atoms with Crippen molar-refractivity contribution in [2.24, 2.45) is 0 Å². The Bertz CT molecular complexity index is 609. The highest BCUT2D eigenvalue weighted by Gasteiger charge is 2.43. The minimum absolute atomic E-state index is 1.11. The molecule has 14 heteroatoms. The van der Waals surface area contributed by atoms with E-state index in [2.05, 4.69) is 11.8 Å². The Kier molecular flexibility index (Phi) is 4.62. The van der Waals surface area contributed by atoms with E-state index in [0.29, 0.717) is 0 Å². The van der Waals surface area contributed by atoms with Crippen LogP contribution in [0.4, 0.5) is 27.6 Å². The second-order valence-electron chi connectivity index (χ2n) is 3.23. The Balaban J connectivity index is 3.85. The van der Waals surface area contributed by atoms with E-state index in [-0.39, 0.29) is 0 Å². The smallest absolute Gasteiger partial charge is 0.329 e. The molecular formula is C6H4F5NO5P2S. The highest BCUT2D eigenvalue weighted by atomic mass is 32.5. The molecule has 0 heterocycles. The Hall–Kier alpha value is -0.610. The minimum Gasteiger partial charge on any atom is -0.329 e. The second-order valence-corrected chi connectivity index (χ2v) is 7.87. The van der Waals surface area contributed by atoms with Crippen molar-refractivity contribution in [2.75, 3.05) is 4.44 Å². The molecule has 0 aliphatic heterocycles. The van der Waals surface area contributed by atoms with Gasteiger partial charge in [-0.2, -0.15) is 0 Å². The van der Waals surface area contributed by atoms with Crippen molar-refractivity contribution in [1.82, 2.24) is 0 Å². The summed E-state index contributed by atoms with van der Waals surface area (Å²) in [6.45, 7) is -5.26. The predicted molar refractivity (Wildman–Crippen MR) is 59.5 cm³/mol. The third-order valence-electron chi connectivity index (χ3n) is 1.88. The molecule has 0 radical (unpaired) electrons. The van der Waals surface area contributed by atoms with Crippen molar-refractivity contribution in [1.29, 1.82) is 0 Å². The summed E-state index contributed by atoms with van der Waals surface area (Å²) in [6, 6.07) is 0. The summed E-state index contributed by atoms with van der Waals surface area (Å²) in [6.07, 6.45) is 0. The van der Waals surface area contributed by atoms with Gasteiger partial charge in [-0.3, -0.25) is 0 Å². The summed E-state index contributed by atoms with van der Waals surface area (Å²) < 4.78 is 75.2. The molecule has 0 aliphatic rings. The van der Waals surface area contributed by atoms with Crippen LogP contribution >= 0.6 is 14.4 Å². The molecular weight excluding hydrogens is 355 g/mol. The van der Waals surface area contributed by atoms with Gasteiger partial charge in [-0.15, -0.1) is 0 Å². The van der Waals surface area contributed by atoms with Crippen molar-refractivity contribution in [3.63, 3.8) is 0 Å². The van der Waals surface area contributed by atoms with Crippen molar-refractivity contribution in [3.05, 3.63) is 29.1 Å². The van der Waals surface area contributed by atoms with Crippen LogP contribution in [0, 0.1) is 29.1 Å². The van der Waals surface area contributed by atoms with Gasteiger partial charge in [-0.1, -0.05) is 0 Å². The molecule has 0 saturated carbocycles. The quantitative estimate of drug-likeness (QED) is 0.281. The molecule has 1 aromatic rings. The molecule has 0 aliphatic carbocycles. The molecule has 6 nitrogen and oxygen atoms in total. The molecule has 4 N–H and O–H groups in total. The molecule has 0 fully saturated rings. The van der Waals surface area contributed by atoms with Crippen molar-refractivity contribution >= 4 is 31.9 Å². The summed E-state index contributed by atoms with van der Waals surface area (Å²) in [5.74, 6) is -13.0. The van der Waals surface area contributed by atoms with Gasteiger partial charge in [0.05, 0.1) is 0 Å². The number of hydrogen-bond acceptors (Lipinski definition) is 2. The first kappa shape index (κ1) is 17.4. The SMILES string of the molecule is O=P(O)(O)N(c1c(F)c(F)c(F)c(F)c1F)P(O)(O)=S. The zero-order valence-electron chi connectivity index (χ0n) is 8.84. The maximum absolute atomic E-state index is 13.4. The van der Waals surface area contributed by atoms with Gasteiger partial charge in [0.25, 0.3) is 6.64 Å². The van der Waals surface area contributed by atoms with Gasteiger partial charge in [0.2, 0.25) is 5.82 Å². The van der Waals surface area contributed by atoms with Crippen LogP contribution in [0.1, 0.15) is 0 Å². The van der Waals surface area contributed by atoms with E-state index in [1.807, 2.05) is 0 Å². The molecule has 1 aromatic carbocycles. The van der Waals surface area contributed by atoms with Crippen LogP contribution in [0.3, 0.4) is 0 Å². The molecule has 114 valence electrons. The Labute approximate surface area is 112 Å². The van der Waals surface area contributed by atoms with Crippen LogP contribution in [0.5, 0.6) is 0 Å². The molecule has 0 aromatic heterocycles. The highest BCUT2D eigenvalue weighted by Crippen LogP contribution is 2.61. The van der Waals surface area contributed by atoms with Gasteiger partial charge in [-0.05, 0) is 11.8 Å². The molecule has 0 atom stereocenters. The number of benzene rings is 1. The summed E-state index contributed by atoms with van der Waals surface area (Å²) in [5, 5.41) is 0. The predicted octanol–water partition coefficient (Wildman–Crippen LogP) is 1.49. The van der Waals surface area contributed by atoms with Gasteiger partial charge >= 0.3 is 7.75 Å². The maximum atomic E-state index is 13.4. The van der Waals surface area contributed by atoms with Crippen LogP contribution in [0.2, 0.25) is 0 Å². The number of nitrogens with zero attached hydrogens (tertiary/aromatic N) is 1. The number of anilines is 1. The molecule has 0 unspecified atom stereocenters. The summed E-state index contributed by atoms with van der Waals surface area (Å²) in [5.41, 5.74) is -2.22. The van der Waals surface area contributed by atoms with Gasteiger partial charge in [-0.25, -0.2) is 31.0 Å². The van der Waals surface area contributed by atoms with Crippen molar-refractivity contribution < 1.29 is 46.1 Å². The standard InChI is InChI=1S/C6H4F5NO5P2S/c7-1-2(8)4(10)6(5(11)3(1)9)12(18(13,14)15)19(16,17)20/h(H2,13,14,15)(H2,16,17,20). The first-order valence-corrected chi connectivity index (χ1v) is 8.46. The monoisotopic (exact) mass is 359 g/mol. The Morgan fingerprint density at radius 1 is 0.800 bits per heavy atom. The van der Waals surface area contributed by atoms with Gasteiger partial charge < -0.3 is 19.6 Å². The average Bonchev–Trinajstić information content (AvgIpc) is 2.26. The van der Waals surface area contributed by atoms with E-state index < -0.39 is 53.6 Å². The fraction of sp³-hybridized carbons (Fsp3) is 0. The summed E-state index contributed by atoms with van der Waals surface area (Å²) >= 11 is 3.86. The first-order chi connectivity index (χ1) is 8.80. The van der Waals surface area contributed by atoms with E-state index in [9.17, 15) is 26.5 Å². The maximum Gasteiger partial charge on any atom is 0.437 e. The van der Waals surface area contributed by atoms with E-state index in [1.54, 1.807) is 0 Å². The topological polar surface area (TPSA) is 101 Å². The normalized spacial score (nSPS) is 12.7. The average molecular weight is 359 g/mol. The first-order valence-electron chi connectivity index (χ1n) is 4.23. The third kappa shape index (κ3) is 3.01. The Morgan fingerprint density at radius 2 is 1.10 bits per heavy atom. The number of hydrogen-bond donors (Lipinski definition) is 4. The number of halogens is 5. The van der Waals surface area contributed by atoms with Gasteiger partial charge in [0, 0.05) is 0 Å². The lowest BCUT2D eigenvalue weighted by molar-refractivity contribution is 0.361. The lowest BCUT2D eigenvalue weighted by atomic mass is 10.2. The lowest BCUT2D eigenvalue weighted by Gasteiger charge is -2.28. The highest BCUT2D eigenvalue weighted by molar-refractivity contribution is 8.12. The van der Waals surface area contributed by atoms with Crippen molar-refractivity contribution in [3.8, 4) is 0 Å². The fourth-order valence-corrected chi connectivity index (χ4v) is 4.37. The van der Waals surface area contributed by atoms with Crippen LogP contribution in [0.15, 0.2) is 0 Å². The summed E-state index contributed by atoms with van der Waals surface area (Å²) in [7, 11) is -5.89. The van der Waals surface area contributed by atoms with Gasteiger partial charge in [0.1, 0.15) is 5.69 Å². The second kappa shape index (κ2) is 5.30.